The Balaban J connectivity index is 1.59. The van der Waals surface area contributed by atoms with Crippen molar-refractivity contribution in [1.82, 2.24) is 0 Å². The molecule has 2 amide bonds. The number of hydrogen-bond acceptors (Lipinski definition) is 7. The number of carbonyl (C=O) groups excluding carboxylic acids is 4. The molecule has 0 unspecified atom stereocenters. The molecule has 0 bridgehead atoms. The van der Waals surface area contributed by atoms with E-state index in [1.807, 2.05) is 6.92 Å². The molecule has 5 aromatic rings. The summed E-state index contributed by atoms with van der Waals surface area (Å²) in [6.07, 6.45) is -0.286. The number of amides is 2. The number of para-hydroxylation sites is 2. The van der Waals surface area contributed by atoms with Gasteiger partial charge < -0.3 is 4.74 Å². The SMILES string of the molecule is COc1ccc(C(=O)C[C@H]2c3ccccc3N(S(=O)(=O)c3ccc(C)cc3)[C@@H](C(=O)c3ccccc3)[C@]23C(=O)N(C(C)=O)c2ccccc23)cc1. The third-order valence-electron chi connectivity index (χ3n) is 9.91. The molecule has 0 aliphatic carbocycles. The lowest BCUT2D eigenvalue weighted by atomic mass is 9.58. The number of Topliss-reactive ketones (excluding diaryl/α,β-unsaturated/α-hetero) is 2. The molecular weight excluding hydrogens is 665 g/mol. The lowest BCUT2D eigenvalue weighted by molar-refractivity contribution is -0.129. The molecule has 2 heterocycles. The van der Waals surface area contributed by atoms with Crippen LogP contribution in [0.1, 0.15) is 56.7 Å². The van der Waals surface area contributed by atoms with Crippen LogP contribution < -0.4 is 13.9 Å². The van der Waals surface area contributed by atoms with Crippen LogP contribution in [0, 0.1) is 6.92 Å². The molecular formula is C41H34N2O7S. The zero-order valence-electron chi connectivity index (χ0n) is 28.1. The van der Waals surface area contributed by atoms with Crippen LogP contribution >= 0.6 is 0 Å². The minimum atomic E-state index is -4.58. The standard InChI is InChI=1S/C41H34N2O7S/c1-26-17-23-31(24-18-26)51(48,49)43-35-15-9-7-13-32(35)34(25-37(45)28-19-21-30(50-3)22-20-28)41(39(43)38(46)29-11-5-4-6-12-29)33-14-8-10-16-36(33)42(27(2)44)40(41)47/h4-24,34,39H,25H2,1-3H3/t34-,39-,41+/m0/s1. The Kier molecular flexibility index (Phi) is 8.43. The molecule has 1 spiro atoms. The fourth-order valence-corrected chi connectivity index (χ4v) is 9.27. The van der Waals surface area contributed by atoms with E-state index in [0.29, 0.717) is 16.9 Å². The highest BCUT2D eigenvalue weighted by molar-refractivity contribution is 7.93. The van der Waals surface area contributed by atoms with E-state index in [0.717, 1.165) is 14.8 Å². The minimum absolute atomic E-state index is 0.0844. The number of nitrogens with zero attached hydrogens (tertiary/aromatic N) is 2. The largest absolute Gasteiger partial charge is 0.497 e. The monoisotopic (exact) mass is 698 g/mol. The average Bonchev–Trinajstić information content (AvgIpc) is 3.40. The van der Waals surface area contributed by atoms with Crippen LogP contribution in [0.5, 0.6) is 5.75 Å². The van der Waals surface area contributed by atoms with Crippen molar-refractivity contribution >= 4 is 44.8 Å². The first kappa shape index (κ1) is 33.6. The number of hydrogen-bond donors (Lipinski definition) is 0. The van der Waals surface area contributed by atoms with Gasteiger partial charge in [0.1, 0.15) is 17.2 Å². The lowest BCUT2D eigenvalue weighted by Gasteiger charge is -2.51. The van der Waals surface area contributed by atoms with Crippen LogP contribution in [0.2, 0.25) is 0 Å². The van der Waals surface area contributed by atoms with Gasteiger partial charge in [-0.15, -0.1) is 0 Å². The molecule has 10 heteroatoms. The molecule has 0 aromatic heterocycles. The number of benzene rings is 5. The van der Waals surface area contributed by atoms with Gasteiger partial charge in [0.2, 0.25) is 11.8 Å². The van der Waals surface area contributed by atoms with Crippen LogP contribution in [0.15, 0.2) is 132 Å². The number of fused-ring (bicyclic) bond motifs is 3. The summed E-state index contributed by atoms with van der Waals surface area (Å²) in [4.78, 5) is 59.3. The fourth-order valence-electron chi connectivity index (χ4n) is 7.60. The van der Waals surface area contributed by atoms with Gasteiger partial charge >= 0.3 is 0 Å². The van der Waals surface area contributed by atoms with Gasteiger partial charge in [-0.05, 0) is 66.6 Å². The quantitative estimate of drug-likeness (QED) is 0.167. The van der Waals surface area contributed by atoms with E-state index in [1.54, 1.807) is 115 Å². The summed E-state index contributed by atoms with van der Waals surface area (Å²) >= 11 is 0. The second-order valence-corrected chi connectivity index (χ2v) is 14.6. The number of ketones is 2. The van der Waals surface area contributed by atoms with Gasteiger partial charge in [0, 0.05) is 30.4 Å². The van der Waals surface area contributed by atoms with Crippen molar-refractivity contribution < 1.29 is 32.3 Å². The molecule has 5 aromatic carbocycles. The Morgan fingerprint density at radius 3 is 2.00 bits per heavy atom. The van der Waals surface area contributed by atoms with Crippen molar-refractivity contribution in [2.75, 3.05) is 16.3 Å². The molecule has 3 atom stereocenters. The third-order valence-corrected chi connectivity index (χ3v) is 11.7. The second-order valence-electron chi connectivity index (χ2n) is 12.8. The molecule has 2 aliphatic heterocycles. The van der Waals surface area contributed by atoms with Crippen LogP contribution in [0.3, 0.4) is 0 Å². The molecule has 256 valence electrons. The van der Waals surface area contributed by atoms with E-state index in [4.69, 9.17) is 4.74 Å². The van der Waals surface area contributed by atoms with Gasteiger partial charge in [-0.1, -0.05) is 84.4 Å². The lowest BCUT2D eigenvalue weighted by Crippen LogP contribution is -2.66. The van der Waals surface area contributed by atoms with Crippen molar-refractivity contribution in [2.45, 2.75) is 42.5 Å². The molecule has 0 saturated heterocycles. The molecule has 0 radical (unpaired) electrons. The summed E-state index contributed by atoms with van der Waals surface area (Å²) in [5.41, 5.74) is 0.334. The van der Waals surface area contributed by atoms with Crippen molar-refractivity contribution in [1.29, 1.82) is 0 Å². The first-order valence-electron chi connectivity index (χ1n) is 16.4. The second kappa shape index (κ2) is 12.8. The van der Waals surface area contributed by atoms with E-state index in [9.17, 15) is 9.59 Å². The van der Waals surface area contributed by atoms with Gasteiger partial charge in [0.15, 0.2) is 11.6 Å². The third kappa shape index (κ3) is 5.25. The van der Waals surface area contributed by atoms with Crippen molar-refractivity contribution in [3.05, 3.63) is 155 Å². The summed E-state index contributed by atoms with van der Waals surface area (Å²) in [6.45, 7) is 3.08. The highest BCUT2D eigenvalue weighted by Crippen LogP contribution is 2.60. The Morgan fingerprint density at radius 2 is 1.35 bits per heavy atom. The van der Waals surface area contributed by atoms with Crippen molar-refractivity contribution in [2.24, 2.45) is 0 Å². The van der Waals surface area contributed by atoms with Gasteiger partial charge in [-0.3, -0.25) is 23.5 Å². The number of carbonyl (C=O) groups is 4. The Hall–Kier alpha value is -5.87. The van der Waals surface area contributed by atoms with Crippen molar-refractivity contribution in [3.8, 4) is 5.75 Å². The zero-order valence-corrected chi connectivity index (χ0v) is 29.0. The number of sulfonamides is 1. The number of rotatable bonds is 8. The molecule has 51 heavy (non-hydrogen) atoms. The minimum Gasteiger partial charge on any atom is -0.497 e. The number of imide groups is 1. The number of methoxy groups -OCH3 is 1. The van der Waals surface area contributed by atoms with E-state index in [-0.39, 0.29) is 39.6 Å². The number of ether oxygens (including phenoxy) is 1. The Labute approximate surface area is 296 Å². The zero-order chi connectivity index (χ0) is 36.1. The van der Waals surface area contributed by atoms with Gasteiger partial charge in [0.25, 0.3) is 10.0 Å². The molecule has 0 saturated carbocycles. The normalized spacial score (nSPS) is 19.4. The van der Waals surface area contributed by atoms with Crippen LogP contribution in [0.25, 0.3) is 0 Å². The maximum Gasteiger partial charge on any atom is 0.265 e. The summed E-state index contributed by atoms with van der Waals surface area (Å²) in [5, 5.41) is 0. The maximum atomic E-state index is 15.4. The average molecular weight is 699 g/mol. The van der Waals surface area contributed by atoms with Crippen LogP contribution in [-0.4, -0.2) is 45.0 Å². The van der Waals surface area contributed by atoms with Crippen molar-refractivity contribution in [3.63, 3.8) is 0 Å². The fraction of sp³-hybridized carbons (Fsp3) is 0.171. The predicted molar refractivity (Wildman–Crippen MR) is 193 cm³/mol. The Morgan fingerprint density at radius 1 is 0.745 bits per heavy atom. The molecule has 9 nitrogen and oxygen atoms in total. The topological polar surface area (TPSA) is 118 Å². The first-order valence-corrected chi connectivity index (χ1v) is 17.9. The van der Waals surface area contributed by atoms with Gasteiger partial charge in [-0.25, -0.2) is 13.3 Å². The highest BCUT2D eigenvalue weighted by Gasteiger charge is 2.68. The summed E-state index contributed by atoms with van der Waals surface area (Å²) in [5.74, 6) is -2.92. The van der Waals surface area contributed by atoms with Gasteiger partial charge in [0.05, 0.1) is 23.4 Å². The summed E-state index contributed by atoms with van der Waals surface area (Å²) < 4.78 is 36.5. The van der Waals surface area contributed by atoms with E-state index in [2.05, 4.69) is 0 Å². The number of anilines is 2. The van der Waals surface area contributed by atoms with E-state index < -0.39 is 45.0 Å². The molecule has 0 N–H and O–H groups in total. The highest BCUT2D eigenvalue weighted by atomic mass is 32.2. The summed E-state index contributed by atoms with van der Waals surface area (Å²) in [7, 11) is -3.06. The smallest absolute Gasteiger partial charge is 0.265 e. The summed E-state index contributed by atoms with van der Waals surface area (Å²) in [6, 6.07) is 32.5. The molecule has 7 rings (SSSR count). The molecule has 2 aliphatic rings. The van der Waals surface area contributed by atoms with Crippen LogP contribution in [0.4, 0.5) is 11.4 Å². The van der Waals surface area contributed by atoms with Crippen LogP contribution in [-0.2, 0) is 25.0 Å². The van der Waals surface area contributed by atoms with Gasteiger partial charge in [-0.2, -0.15) is 0 Å². The first-order chi connectivity index (χ1) is 24.5. The molecule has 0 fully saturated rings. The Bertz CT molecular complexity index is 2300. The number of aryl methyl sites for hydroxylation is 1. The maximum absolute atomic E-state index is 15.4. The van der Waals surface area contributed by atoms with E-state index in [1.165, 1.54) is 26.2 Å². The predicted octanol–water partition coefficient (Wildman–Crippen LogP) is 6.65. The van der Waals surface area contributed by atoms with E-state index >= 15 is 18.0 Å².